The molecule has 33 heavy (non-hydrogen) atoms. The lowest BCUT2D eigenvalue weighted by molar-refractivity contribution is -0.137. The lowest BCUT2D eigenvalue weighted by Crippen LogP contribution is -2.43. The standard InChI is InChI=1S/C25H30N4O3S/c30-24-22(21-5-4-18-33-21)23(25(31)29(24)13-12-27-14-16-32-17-15-27)26-19-6-8-20(9-7-19)28-10-2-1-3-11-28/h4-9,18,26H,1-3,10-17H2. The summed E-state index contributed by atoms with van der Waals surface area (Å²) in [6.45, 7) is 6.27. The van der Waals surface area contributed by atoms with Gasteiger partial charge in [0, 0.05) is 55.5 Å². The fraction of sp³-hybridized carbons (Fsp3) is 0.440. The first-order valence-electron chi connectivity index (χ1n) is 11.8. The van der Waals surface area contributed by atoms with Crippen molar-refractivity contribution in [1.29, 1.82) is 0 Å². The average molecular weight is 467 g/mol. The maximum absolute atomic E-state index is 13.4. The van der Waals surface area contributed by atoms with Gasteiger partial charge >= 0.3 is 0 Å². The molecule has 4 heterocycles. The van der Waals surface area contributed by atoms with Crippen LogP contribution in [-0.2, 0) is 14.3 Å². The molecule has 7 nitrogen and oxygen atoms in total. The van der Waals surface area contributed by atoms with Gasteiger partial charge in [-0.1, -0.05) is 6.07 Å². The van der Waals surface area contributed by atoms with E-state index >= 15 is 0 Å². The molecular formula is C25H30N4O3S. The first kappa shape index (κ1) is 22.1. The molecule has 0 radical (unpaired) electrons. The van der Waals surface area contributed by atoms with Crippen LogP contribution in [0.1, 0.15) is 24.1 Å². The maximum Gasteiger partial charge on any atom is 0.278 e. The number of thiophene rings is 1. The molecule has 2 aromatic rings. The first-order chi connectivity index (χ1) is 16.2. The molecule has 5 rings (SSSR count). The molecule has 0 aliphatic carbocycles. The van der Waals surface area contributed by atoms with Crippen molar-refractivity contribution in [2.24, 2.45) is 0 Å². The molecule has 0 unspecified atom stereocenters. The number of anilines is 2. The van der Waals surface area contributed by atoms with Gasteiger partial charge in [0.1, 0.15) is 5.70 Å². The van der Waals surface area contributed by atoms with E-state index in [9.17, 15) is 9.59 Å². The second-order valence-electron chi connectivity index (χ2n) is 8.66. The van der Waals surface area contributed by atoms with Crippen molar-refractivity contribution < 1.29 is 14.3 Å². The number of hydrogen-bond acceptors (Lipinski definition) is 7. The summed E-state index contributed by atoms with van der Waals surface area (Å²) in [7, 11) is 0. The summed E-state index contributed by atoms with van der Waals surface area (Å²) in [5.41, 5.74) is 2.86. The third-order valence-corrected chi connectivity index (χ3v) is 7.42. The molecule has 3 aliphatic rings. The van der Waals surface area contributed by atoms with E-state index in [1.807, 2.05) is 29.6 Å². The third kappa shape index (κ3) is 4.83. The van der Waals surface area contributed by atoms with Crippen LogP contribution in [0.25, 0.3) is 5.57 Å². The normalized spacial score (nSPS) is 20.1. The van der Waals surface area contributed by atoms with Crippen molar-refractivity contribution in [2.45, 2.75) is 19.3 Å². The van der Waals surface area contributed by atoms with E-state index in [2.05, 4.69) is 27.2 Å². The van der Waals surface area contributed by atoms with Gasteiger partial charge in [-0.25, -0.2) is 0 Å². The number of rotatable bonds is 7. The van der Waals surface area contributed by atoms with Gasteiger partial charge in [-0.15, -0.1) is 11.3 Å². The van der Waals surface area contributed by atoms with Crippen molar-refractivity contribution in [3.05, 3.63) is 52.4 Å². The second kappa shape index (κ2) is 10.1. The van der Waals surface area contributed by atoms with Gasteiger partial charge in [0.2, 0.25) is 0 Å². The molecule has 2 amide bonds. The van der Waals surface area contributed by atoms with Crippen molar-refractivity contribution in [2.75, 3.05) is 62.7 Å². The molecule has 0 saturated carbocycles. The number of nitrogens with one attached hydrogen (secondary N) is 1. The molecule has 174 valence electrons. The van der Waals surface area contributed by atoms with E-state index in [1.165, 1.54) is 41.2 Å². The molecule has 1 aromatic carbocycles. The fourth-order valence-corrected chi connectivity index (χ4v) is 5.43. The van der Waals surface area contributed by atoms with Crippen LogP contribution in [0.5, 0.6) is 0 Å². The Morgan fingerprint density at radius 2 is 1.64 bits per heavy atom. The quantitative estimate of drug-likeness (QED) is 0.632. The van der Waals surface area contributed by atoms with Gasteiger partial charge in [-0.3, -0.25) is 19.4 Å². The molecule has 0 atom stereocenters. The highest BCUT2D eigenvalue weighted by atomic mass is 32.1. The molecule has 0 bridgehead atoms. The monoisotopic (exact) mass is 466 g/mol. The molecule has 3 aliphatic heterocycles. The Bertz CT molecular complexity index is 1010. The van der Waals surface area contributed by atoms with E-state index in [0.717, 1.165) is 36.7 Å². The van der Waals surface area contributed by atoms with Crippen molar-refractivity contribution in [1.82, 2.24) is 9.80 Å². The lowest BCUT2D eigenvalue weighted by atomic mass is 10.1. The highest BCUT2D eigenvalue weighted by molar-refractivity contribution is 7.11. The van der Waals surface area contributed by atoms with Crippen LogP contribution in [0.15, 0.2) is 47.5 Å². The summed E-state index contributed by atoms with van der Waals surface area (Å²) in [4.78, 5) is 33.5. The summed E-state index contributed by atoms with van der Waals surface area (Å²) in [5.74, 6) is -0.472. The smallest absolute Gasteiger partial charge is 0.278 e. The number of amides is 2. The van der Waals surface area contributed by atoms with E-state index in [-0.39, 0.29) is 11.8 Å². The Balaban J connectivity index is 1.34. The van der Waals surface area contributed by atoms with Gasteiger partial charge in [0.05, 0.1) is 18.8 Å². The molecule has 2 saturated heterocycles. The van der Waals surface area contributed by atoms with Crippen molar-refractivity contribution in [3.63, 3.8) is 0 Å². The number of carbonyl (C=O) groups is 2. The van der Waals surface area contributed by atoms with Crippen LogP contribution in [0.3, 0.4) is 0 Å². The molecular weight excluding hydrogens is 436 g/mol. The zero-order chi connectivity index (χ0) is 22.6. The molecule has 1 N–H and O–H groups in total. The van der Waals surface area contributed by atoms with Crippen LogP contribution >= 0.6 is 11.3 Å². The van der Waals surface area contributed by atoms with Crippen molar-refractivity contribution >= 4 is 40.1 Å². The number of piperidine rings is 1. The first-order valence-corrected chi connectivity index (χ1v) is 12.6. The number of nitrogens with zero attached hydrogens (tertiary/aromatic N) is 3. The minimum absolute atomic E-state index is 0.219. The van der Waals surface area contributed by atoms with Gasteiger partial charge in [-0.05, 0) is 55.0 Å². The van der Waals surface area contributed by atoms with Gasteiger partial charge in [0.25, 0.3) is 11.8 Å². The number of benzene rings is 1. The topological polar surface area (TPSA) is 65.1 Å². The van der Waals surface area contributed by atoms with Crippen LogP contribution in [0, 0.1) is 0 Å². The highest BCUT2D eigenvalue weighted by Crippen LogP contribution is 2.33. The van der Waals surface area contributed by atoms with E-state index in [4.69, 9.17) is 4.74 Å². The summed E-state index contributed by atoms with van der Waals surface area (Å²) in [6, 6.07) is 12.0. The van der Waals surface area contributed by atoms with Crippen LogP contribution in [0.4, 0.5) is 11.4 Å². The largest absolute Gasteiger partial charge is 0.379 e. The van der Waals surface area contributed by atoms with E-state index in [0.29, 0.717) is 37.6 Å². The Morgan fingerprint density at radius 1 is 0.879 bits per heavy atom. The van der Waals surface area contributed by atoms with Gasteiger partial charge < -0.3 is 15.0 Å². The summed E-state index contributed by atoms with van der Waals surface area (Å²) in [6.07, 6.45) is 3.76. The zero-order valence-electron chi connectivity index (χ0n) is 18.8. The maximum atomic E-state index is 13.4. The highest BCUT2D eigenvalue weighted by Gasteiger charge is 2.39. The lowest BCUT2D eigenvalue weighted by Gasteiger charge is -2.29. The van der Waals surface area contributed by atoms with E-state index < -0.39 is 0 Å². The summed E-state index contributed by atoms with van der Waals surface area (Å²) in [5, 5.41) is 5.21. The van der Waals surface area contributed by atoms with Gasteiger partial charge in [-0.2, -0.15) is 0 Å². The molecule has 2 fully saturated rings. The number of carbonyl (C=O) groups excluding carboxylic acids is 2. The minimum atomic E-state index is -0.253. The minimum Gasteiger partial charge on any atom is -0.379 e. The third-order valence-electron chi connectivity index (χ3n) is 6.54. The summed E-state index contributed by atoms with van der Waals surface area (Å²) < 4.78 is 5.40. The number of ether oxygens (including phenoxy) is 1. The second-order valence-corrected chi connectivity index (χ2v) is 9.61. The number of hydrogen-bond donors (Lipinski definition) is 1. The summed E-state index contributed by atoms with van der Waals surface area (Å²) >= 11 is 1.48. The molecule has 1 aromatic heterocycles. The van der Waals surface area contributed by atoms with Crippen molar-refractivity contribution in [3.8, 4) is 0 Å². The predicted octanol–water partition coefficient (Wildman–Crippen LogP) is 3.26. The molecule has 0 spiro atoms. The zero-order valence-corrected chi connectivity index (χ0v) is 19.6. The van der Waals surface area contributed by atoms with Crippen LogP contribution < -0.4 is 10.2 Å². The Morgan fingerprint density at radius 3 is 2.33 bits per heavy atom. The predicted molar refractivity (Wildman–Crippen MR) is 131 cm³/mol. The average Bonchev–Trinajstić information content (AvgIpc) is 3.46. The van der Waals surface area contributed by atoms with Crippen LogP contribution in [-0.4, -0.2) is 74.1 Å². The van der Waals surface area contributed by atoms with E-state index in [1.54, 1.807) is 0 Å². The van der Waals surface area contributed by atoms with Crippen LogP contribution in [0.2, 0.25) is 0 Å². The fourth-order valence-electron chi connectivity index (χ4n) is 4.66. The number of imide groups is 1. The Hall–Kier alpha value is -2.68. The Kier molecular flexibility index (Phi) is 6.75. The SMILES string of the molecule is O=C1C(Nc2ccc(N3CCCCC3)cc2)=C(c2cccs2)C(=O)N1CCN1CCOCC1. The van der Waals surface area contributed by atoms with Gasteiger partial charge in [0.15, 0.2) is 0 Å². The molecule has 8 heteroatoms. The Labute approximate surface area is 198 Å². The number of morpholine rings is 1.